The summed E-state index contributed by atoms with van der Waals surface area (Å²) in [7, 11) is 1.71. The van der Waals surface area contributed by atoms with E-state index in [1.165, 1.54) is 25.7 Å². The highest BCUT2D eigenvalue weighted by Crippen LogP contribution is 2.32. The first-order valence-corrected chi connectivity index (χ1v) is 8.43. The Balaban J connectivity index is 0.00000242. The van der Waals surface area contributed by atoms with Gasteiger partial charge in [-0.15, -0.1) is 24.0 Å². The lowest BCUT2D eigenvalue weighted by molar-refractivity contribution is 0.0536. The van der Waals surface area contributed by atoms with Crippen LogP contribution in [0.2, 0.25) is 0 Å². The molecule has 0 spiro atoms. The standard InChI is InChI=1S/C16H31N3O2.HI/c1-3-17-16(18-8-6-14-4-5-14)19-9-7-15(12-19)13-21-11-10-20-2;/h14-15H,3-13H2,1-2H3,(H,17,18);1H. The number of hydrogen-bond acceptors (Lipinski definition) is 3. The molecule has 5 nitrogen and oxygen atoms in total. The molecule has 1 saturated carbocycles. The lowest BCUT2D eigenvalue weighted by Crippen LogP contribution is -2.40. The van der Waals surface area contributed by atoms with Gasteiger partial charge in [-0.05, 0) is 25.7 Å². The summed E-state index contributed by atoms with van der Waals surface area (Å²) >= 11 is 0. The molecule has 22 heavy (non-hydrogen) atoms. The van der Waals surface area contributed by atoms with E-state index in [0.717, 1.165) is 44.7 Å². The largest absolute Gasteiger partial charge is 0.382 e. The number of hydrogen-bond donors (Lipinski definition) is 1. The molecule has 6 heteroatoms. The highest BCUT2D eigenvalue weighted by atomic mass is 127. The van der Waals surface area contributed by atoms with Crippen LogP contribution in [0.25, 0.3) is 0 Å². The average Bonchev–Trinajstić information content (AvgIpc) is 3.19. The second-order valence-corrected chi connectivity index (χ2v) is 6.14. The van der Waals surface area contributed by atoms with Crippen molar-refractivity contribution in [2.24, 2.45) is 16.8 Å². The Hall–Kier alpha value is -0.0800. The maximum atomic E-state index is 5.65. The van der Waals surface area contributed by atoms with Crippen LogP contribution in [0.5, 0.6) is 0 Å². The van der Waals surface area contributed by atoms with E-state index in [-0.39, 0.29) is 24.0 Å². The van der Waals surface area contributed by atoms with Gasteiger partial charge in [0, 0.05) is 39.2 Å². The first-order chi connectivity index (χ1) is 10.3. The maximum Gasteiger partial charge on any atom is 0.193 e. The number of nitrogens with zero attached hydrogens (tertiary/aromatic N) is 2. The molecule has 1 atom stereocenters. The minimum Gasteiger partial charge on any atom is -0.382 e. The van der Waals surface area contributed by atoms with Gasteiger partial charge < -0.3 is 19.7 Å². The molecule has 1 aliphatic heterocycles. The van der Waals surface area contributed by atoms with E-state index in [4.69, 9.17) is 14.5 Å². The Morgan fingerprint density at radius 2 is 2.05 bits per heavy atom. The van der Waals surface area contributed by atoms with Crippen molar-refractivity contribution >= 4 is 29.9 Å². The SMILES string of the molecule is CCNC(=NCCC1CC1)N1CCC(COCCOC)C1.I. The number of nitrogens with one attached hydrogen (secondary N) is 1. The molecule has 0 radical (unpaired) electrons. The number of ether oxygens (including phenoxy) is 2. The summed E-state index contributed by atoms with van der Waals surface area (Å²) in [5.74, 6) is 2.67. The van der Waals surface area contributed by atoms with Crippen LogP contribution in [0.1, 0.15) is 32.6 Å². The minimum atomic E-state index is 0. The van der Waals surface area contributed by atoms with E-state index in [2.05, 4.69) is 17.1 Å². The fraction of sp³-hybridized carbons (Fsp3) is 0.938. The van der Waals surface area contributed by atoms with Crippen LogP contribution in [0, 0.1) is 11.8 Å². The van der Waals surface area contributed by atoms with E-state index < -0.39 is 0 Å². The molecule has 1 unspecified atom stereocenters. The molecule has 1 aliphatic carbocycles. The van der Waals surface area contributed by atoms with E-state index in [1.807, 2.05) is 0 Å². The van der Waals surface area contributed by atoms with Crippen molar-refractivity contribution in [2.45, 2.75) is 32.6 Å². The number of rotatable bonds is 9. The molecule has 0 amide bonds. The zero-order chi connectivity index (χ0) is 14.9. The van der Waals surface area contributed by atoms with E-state index in [0.29, 0.717) is 19.1 Å². The van der Waals surface area contributed by atoms with Crippen LogP contribution in [0.4, 0.5) is 0 Å². The van der Waals surface area contributed by atoms with E-state index >= 15 is 0 Å². The Labute approximate surface area is 152 Å². The summed E-state index contributed by atoms with van der Waals surface area (Å²) in [6.45, 7) is 8.41. The first kappa shape index (κ1) is 20.0. The van der Waals surface area contributed by atoms with Gasteiger partial charge in [0.2, 0.25) is 0 Å². The van der Waals surface area contributed by atoms with Crippen LogP contribution in [-0.2, 0) is 9.47 Å². The van der Waals surface area contributed by atoms with Gasteiger partial charge >= 0.3 is 0 Å². The molecular weight excluding hydrogens is 393 g/mol. The molecule has 1 heterocycles. The van der Waals surface area contributed by atoms with E-state index in [1.54, 1.807) is 7.11 Å². The fourth-order valence-electron chi connectivity index (χ4n) is 2.74. The highest BCUT2D eigenvalue weighted by molar-refractivity contribution is 14.0. The Kier molecular flexibility index (Phi) is 10.4. The summed E-state index contributed by atoms with van der Waals surface area (Å²) in [6.07, 6.45) is 5.28. The number of halogens is 1. The molecule has 130 valence electrons. The Morgan fingerprint density at radius 3 is 2.73 bits per heavy atom. The highest BCUT2D eigenvalue weighted by Gasteiger charge is 2.25. The second kappa shape index (κ2) is 11.5. The predicted octanol–water partition coefficient (Wildman–Crippen LogP) is 2.35. The minimum absolute atomic E-state index is 0. The van der Waals surface area contributed by atoms with Crippen LogP contribution < -0.4 is 5.32 Å². The maximum absolute atomic E-state index is 5.65. The van der Waals surface area contributed by atoms with Gasteiger partial charge in [0.05, 0.1) is 19.8 Å². The lowest BCUT2D eigenvalue weighted by atomic mass is 10.1. The third kappa shape index (κ3) is 7.46. The summed E-state index contributed by atoms with van der Waals surface area (Å²) in [5, 5.41) is 3.43. The molecule has 1 N–H and O–H groups in total. The Bertz CT molecular complexity index is 325. The summed E-state index contributed by atoms with van der Waals surface area (Å²) in [5.41, 5.74) is 0. The van der Waals surface area contributed by atoms with Gasteiger partial charge in [0.15, 0.2) is 5.96 Å². The van der Waals surface area contributed by atoms with Gasteiger partial charge in [-0.1, -0.05) is 12.8 Å². The first-order valence-electron chi connectivity index (χ1n) is 8.43. The third-order valence-electron chi connectivity index (χ3n) is 4.20. The zero-order valence-electron chi connectivity index (χ0n) is 14.1. The average molecular weight is 425 g/mol. The predicted molar refractivity (Wildman–Crippen MR) is 101 cm³/mol. The van der Waals surface area contributed by atoms with Crippen molar-refractivity contribution in [3.63, 3.8) is 0 Å². The quantitative estimate of drug-likeness (QED) is 0.267. The molecule has 1 saturated heterocycles. The molecule has 0 bridgehead atoms. The number of guanidine groups is 1. The van der Waals surface area contributed by atoms with Crippen molar-refractivity contribution in [3.8, 4) is 0 Å². The molecule has 0 aromatic heterocycles. The Morgan fingerprint density at radius 1 is 1.23 bits per heavy atom. The number of likely N-dealkylation sites (tertiary alicyclic amines) is 1. The van der Waals surface area contributed by atoms with Crippen molar-refractivity contribution in [2.75, 3.05) is 53.1 Å². The van der Waals surface area contributed by atoms with Crippen molar-refractivity contribution in [3.05, 3.63) is 0 Å². The van der Waals surface area contributed by atoms with Crippen molar-refractivity contribution in [1.82, 2.24) is 10.2 Å². The molecule has 2 aliphatic rings. The molecule has 2 fully saturated rings. The van der Waals surface area contributed by atoms with Gasteiger partial charge in [0.25, 0.3) is 0 Å². The number of methoxy groups -OCH3 is 1. The lowest BCUT2D eigenvalue weighted by Gasteiger charge is -2.21. The summed E-state index contributed by atoms with van der Waals surface area (Å²) < 4.78 is 10.7. The van der Waals surface area contributed by atoms with Gasteiger partial charge in [-0.25, -0.2) is 0 Å². The van der Waals surface area contributed by atoms with Crippen molar-refractivity contribution < 1.29 is 9.47 Å². The molecule has 0 aromatic carbocycles. The van der Waals surface area contributed by atoms with Crippen LogP contribution >= 0.6 is 24.0 Å². The third-order valence-corrected chi connectivity index (χ3v) is 4.20. The summed E-state index contributed by atoms with van der Waals surface area (Å²) in [6, 6.07) is 0. The van der Waals surface area contributed by atoms with Crippen molar-refractivity contribution in [1.29, 1.82) is 0 Å². The van der Waals surface area contributed by atoms with Crippen LogP contribution in [0.15, 0.2) is 4.99 Å². The summed E-state index contributed by atoms with van der Waals surface area (Å²) in [4.78, 5) is 7.18. The van der Waals surface area contributed by atoms with Gasteiger partial charge in [0.1, 0.15) is 0 Å². The zero-order valence-corrected chi connectivity index (χ0v) is 16.4. The smallest absolute Gasteiger partial charge is 0.193 e. The van der Waals surface area contributed by atoms with Gasteiger partial charge in [-0.3, -0.25) is 4.99 Å². The van der Waals surface area contributed by atoms with Crippen LogP contribution in [-0.4, -0.2) is 64.0 Å². The normalized spacial score (nSPS) is 21.8. The van der Waals surface area contributed by atoms with Crippen LogP contribution in [0.3, 0.4) is 0 Å². The fourth-order valence-corrected chi connectivity index (χ4v) is 2.74. The molecular formula is C16H32IN3O2. The number of aliphatic imine (C=N–C) groups is 1. The van der Waals surface area contributed by atoms with E-state index in [9.17, 15) is 0 Å². The van der Waals surface area contributed by atoms with Gasteiger partial charge in [-0.2, -0.15) is 0 Å². The monoisotopic (exact) mass is 425 g/mol. The molecule has 0 aromatic rings. The topological polar surface area (TPSA) is 46.1 Å². The molecule has 2 rings (SSSR count). The second-order valence-electron chi connectivity index (χ2n) is 6.14.